The van der Waals surface area contributed by atoms with Gasteiger partial charge in [0, 0.05) is 23.8 Å². The van der Waals surface area contributed by atoms with Gasteiger partial charge in [-0.3, -0.25) is 4.79 Å². The Morgan fingerprint density at radius 3 is 2.93 bits per heavy atom. The van der Waals surface area contributed by atoms with E-state index in [-0.39, 0.29) is 23.9 Å². The van der Waals surface area contributed by atoms with Gasteiger partial charge < -0.3 is 19.9 Å². The summed E-state index contributed by atoms with van der Waals surface area (Å²) in [7, 11) is 0. The molecule has 1 saturated heterocycles. The van der Waals surface area contributed by atoms with Gasteiger partial charge in [0.25, 0.3) is 5.91 Å². The first-order valence-electron chi connectivity index (χ1n) is 10.3. The van der Waals surface area contributed by atoms with Crippen molar-refractivity contribution >= 4 is 29.7 Å². The first kappa shape index (κ1) is 20.8. The van der Waals surface area contributed by atoms with Crippen molar-refractivity contribution < 1.29 is 14.1 Å². The number of rotatable bonds is 5. The highest BCUT2D eigenvalue weighted by Crippen LogP contribution is 2.44. The first-order chi connectivity index (χ1) is 13.7. The Bertz CT molecular complexity index is 858. The molecule has 0 radical (unpaired) electrons. The molecule has 0 unspecified atom stereocenters. The third-order valence-electron chi connectivity index (χ3n) is 6.18. The summed E-state index contributed by atoms with van der Waals surface area (Å²) in [5, 5.41) is 10.5. The predicted octanol–water partition coefficient (Wildman–Crippen LogP) is 2.94. The summed E-state index contributed by atoms with van der Waals surface area (Å²) in [4.78, 5) is 19.2. The lowest BCUT2D eigenvalue weighted by Gasteiger charge is -2.40. The molecule has 1 aliphatic carbocycles. The Balaban J connectivity index is 0.00000205. The van der Waals surface area contributed by atoms with Crippen LogP contribution in [0.3, 0.4) is 0 Å². The second-order valence-electron chi connectivity index (χ2n) is 7.99. The summed E-state index contributed by atoms with van der Waals surface area (Å²) in [6, 6.07) is 2.06. The van der Waals surface area contributed by atoms with Crippen LogP contribution < -0.4 is 10.6 Å². The highest BCUT2D eigenvalue weighted by molar-refractivity contribution is 7.14. The van der Waals surface area contributed by atoms with Gasteiger partial charge in [-0.15, -0.1) is 23.7 Å². The molecule has 3 aliphatic rings. The van der Waals surface area contributed by atoms with Crippen molar-refractivity contribution in [3.05, 3.63) is 33.1 Å². The predicted molar refractivity (Wildman–Crippen MR) is 112 cm³/mol. The molecule has 0 aromatic carbocycles. The SMILES string of the molecule is Cl.O=C(NCCc1noc(C2CCC2)n1)c1cc2c(s1)C1(CCNCC1)OCC2. The summed E-state index contributed by atoms with van der Waals surface area (Å²) in [6.45, 7) is 3.18. The van der Waals surface area contributed by atoms with Gasteiger partial charge in [0.1, 0.15) is 5.60 Å². The molecule has 2 fully saturated rings. The van der Waals surface area contributed by atoms with Crippen molar-refractivity contribution in [1.29, 1.82) is 0 Å². The van der Waals surface area contributed by atoms with Crippen LogP contribution >= 0.6 is 23.7 Å². The summed E-state index contributed by atoms with van der Waals surface area (Å²) in [6.07, 6.45) is 6.95. The normalized spacial score (nSPS) is 20.6. The lowest BCUT2D eigenvalue weighted by atomic mass is 9.85. The smallest absolute Gasteiger partial charge is 0.261 e. The highest BCUT2D eigenvalue weighted by atomic mass is 35.5. The molecule has 29 heavy (non-hydrogen) atoms. The molecule has 9 heteroatoms. The number of carbonyl (C=O) groups is 1. The van der Waals surface area contributed by atoms with Crippen LogP contribution in [0.1, 0.15) is 69.8 Å². The average molecular weight is 439 g/mol. The molecular weight excluding hydrogens is 412 g/mol. The van der Waals surface area contributed by atoms with Crippen LogP contribution in [-0.2, 0) is 23.2 Å². The second kappa shape index (κ2) is 8.71. The Hall–Kier alpha value is -1.48. The highest BCUT2D eigenvalue weighted by Gasteiger charge is 2.41. The van der Waals surface area contributed by atoms with Crippen molar-refractivity contribution in [1.82, 2.24) is 20.8 Å². The molecule has 5 rings (SSSR count). The second-order valence-corrected chi connectivity index (χ2v) is 9.04. The lowest BCUT2D eigenvalue weighted by Crippen LogP contribution is -2.43. The molecule has 1 amide bonds. The van der Waals surface area contributed by atoms with Gasteiger partial charge in [0.05, 0.1) is 11.5 Å². The van der Waals surface area contributed by atoms with E-state index in [1.807, 2.05) is 0 Å². The average Bonchev–Trinajstić information content (AvgIpc) is 3.29. The van der Waals surface area contributed by atoms with Gasteiger partial charge in [-0.25, -0.2) is 0 Å². The summed E-state index contributed by atoms with van der Waals surface area (Å²) >= 11 is 1.60. The maximum absolute atomic E-state index is 12.7. The fraction of sp³-hybridized carbons (Fsp3) is 0.650. The van der Waals surface area contributed by atoms with E-state index in [9.17, 15) is 4.79 Å². The minimum Gasteiger partial charge on any atom is -0.369 e. The number of nitrogens with one attached hydrogen (secondary N) is 2. The molecular formula is C20H27ClN4O3S. The summed E-state index contributed by atoms with van der Waals surface area (Å²) in [5.74, 6) is 1.85. The van der Waals surface area contributed by atoms with E-state index >= 15 is 0 Å². The zero-order valence-electron chi connectivity index (χ0n) is 16.4. The number of aromatic nitrogens is 2. The van der Waals surface area contributed by atoms with Crippen molar-refractivity contribution in [3.8, 4) is 0 Å². The topological polar surface area (TPSA) is 89.3 Å². The van der Waals surface area contributed by atoms with Gasteiger partial charge >= 0.3 is 0 Å². The number of fused-ring (bicyclic) bond motifs is 2. The Morgan fingerprint density at radius 1 is 1.34 bits per heavy atom. The van der Waals surface area contributed by atoms with Crippen LogP contribution in [0, 0.1) is 0 Å². The Morgan fingerprint density at radius 2 is 2.17 bits per heavy atom. The summed E-state index contributed by atoms with van der Waals surface area (Å²) < 4.78 is 11.6. The van der Waals surface area contributed by atoms with Crippen molar-refractivity contribution in [2.75, 3.05) is 26.2 Å². The van der Waals surface area contributed by atoms with E-state index in [1.54, 1.807) is 11.3 Å². The van der Waals surface area contributed by atoms with Gasteiger partial charge in [0.15, 0.2) is 5.82 Å². The fourth-order valence-corrected chi connectivity index (χ4v) is 5.63. The quantitative estimate of drug-likeness (QED) is 0.746. The van der Waals surface area contributed by atoms with E-state index in [1.165, 1.54) is 16.9 Å². The number of thiophene rings is 1. The van der Waals surface area contributed by atoms with E-state index in [2.05, 4.69) is 26.8 Å². The van der Waals surface area contributed by atoms with Gasteiger partial charge in [-0.2, -0.15) is 4.98 Å². The molecule has 2 N–H and O–H groups in total. The Kier molecular flexibility index (Phi) is 6.24. The van der Waals surface area contributed by atoms with Crippen molar-refractivity contribution in [3.63, 3.8) is 0 Å². The minimum atomic E-state index is -0.190. The van der Waals surface area contributed by atoms with Crippen LogP contribution in [0.2, 0.25) is 0 Å². The van der Waals surface area contributed by atoms with Crippen LogP contribution in [0.25, 0.3) is 0 Å². The zero-order valence-corrected chi connectivity index (χ0v) is 18.0. The number of amides is 1. The van der Waals surface area contributed by atoms with Crippen LogP contribution in [0.15, 0.2) is 10.6 Å². The van der Waals surface area contributed by atoms with Crippen molar-refractivity contribution in [2.24, 2.45) is 0 Å². The van der Waals surface area contributed by atoms with E-state index in [0.29, 0.717) is 24.7 Å². The number of nitrogens with zero attached hydrogens (tertiary/aromatic N) is 2. The zero-order chi connectivity index (χ0) is 19.0. The summed E-state index contributed by atoms with van der Waals surface area (Å²) in [5.41, 5.74) is 1.09. The van der Waals surface area contributed by atoms with Gasteiger partial charge in [-0.1, -0.05) is 11.6 Å². The van der Waals surface area contributed by atoms with Crippen molar-refractivity contribution in [2.45, 2.75) is 56.5 Å². The molecule has 1 saturated carbocycles. The third kappa shape index (κ3) is 4.08. The molecule has 4 heterocycles. The maximum atomic E-state index is 12.7. The molecule has 0 bridgehead atoms. The monoisotopic (exact) mass is 438 g/mol. The number of ether oxygens (including phenoxy) is 1. The molecule has 2 aromatic rings. The molecule has 158 valence electrons. The largest absolute Gasteiger partial charge is 0.369 e. The minimum absolute atomic E-state index is 0. The number of hydrogen-bond donors (Lipinski definition) is 2. The Labute approximate surface area is 180 Å². The number of hydrogen-bond acceptors (Lipinski definition) is 7. The molecule has 2 aliphatic heterocycles. The van der Waals surface area contributed by atoms with E-state index < -0.39 is 0 Å². The van der Waals surface area contributed by atoms with Crippen LogP contribution in [0.5, 0.6) is 0 Å². The maximum Gasteiger partial charge on any atom is 0.261 e. The fourth-order valence-electron chi connectivity index (χ4n) is 4.30. The van der Waals surface area contributed by atoms with Gasteiger partial charge in [-0.05, 0) is 56.8 Å². The molecule has 1 spiro atoms. The van der Waals surface area contributed by atoms with E-state index in [0.717, 1.165) is 62.6 Å². The molecule has 0 atom stereocenters. The standard InChI is InChI=1S/C20H26N4O3S.ClH/c25-18(22-8-4-16-23-19(27-24-16)13-2-1-3-13)15-12-14-5-11-26-20(17(14)28-15)6-9-21-10-7-20;/h12-13,21H,1-11H2,(H,22,25);1H. The van der Waals surface area contributed by atoms with Crippen LogP contribution in [0.4, 0.5) is 0 Å². The first-order valence-corrected chi connectivity index (χ1v) is 11.1. The third-order valence-corrected chi connectivity index (χ3v) is 7.54. The van der Waals surface area contributed by atoms with E-state index in [4.69, 9.17) is 9.26 Å². The van der Waals surface area contributed by atoms with Crippen LogP contribution in [-0.4, -0.2) is 42.3 Å². The molecule has 2 aromatic heterocycles. The lowest BCUT2D eigenvalue weighted by molar-refractivity contribution is -0.0771. The molecule has 7 nitrogen and oxygen atoms in total. The number of piperidine rings is 1. The number of halogens is 1. The van der Waals surface area contributed by atoms with Gasteiger partial charge in [0.2, 0.25) is 5.89 Å². The number of carbonyl (C=O) groups excluding carboxylic acids is 1.